The molecule has 0 unspecified atom stereocenters. The summed E-state index contributed by atoms with van der Waals surface area (Å²) in [4.78, 5) is 27.1. The van der Waals surface area contributed by atoms with Crippen LogP contribution < -0.4 is 4.90 Å². The predicted molar refractivity (Wildman–Crippen MR) is 116 cm³/mol. The Morgan fingerprint density at radius 2 is 1.59 bits per heavy atom. The molecular formula is C23H29F2N5O2. The van der Waals surface area contributed by atoms with E-state index in [0.29, 0.717) is 19.0 Å². The summed E-state index contributed by atoms with van der Waals surface area (Å²) < 4.78 is 32.1. The Morgan fingerprint density at radius 1 is 1.00 bits per heavy atom. The maximum absolute atomic E-state index is 13.1. The molecule has 3 heterocycles. The highest BCUT2D eigenvalue weighted by Gasteiger charge is 2.36. The molecule has 2 fully saturated rings. The minimum absolute atomic E-state index is 0.0848. The van der Waals surface area contributed by atoms with Crippen molar-refractivity contribution in [3.63, 3.8) is 0 Å². The third kappa shape index (κ3) is 5.32. The lowest BCUT2D eigenvalue weighted by Crippen LogP contribution is -2.59. The van der Waals surface area contributed by atoms with Gasteiger partial charge in [0.15, 0.2) is 5.82 Å². The molecular weight excluding hydrogens is 416 g/mol. The van der Waals surface area contributed by atoms with Gasteiger partial charge in [0, 0.05) is 32.7 Å². The number of carbonyl (C=O) groups is 1. The number of carbonyl (C=O) groups excluding carboxylic acids is 1. The Balaban J connectivity index is 1.27. The van der Waals surface area contributed by atoms with Gasteiger partial charge in [-0.1, -0.05) is 12.1 Å². The van der Waals surface area contributed by atoms with Gasteiger partial charge in [0.1, 0.15) is 11.9 Å². The second-order valence-corrected chi connectivity index (χ2v) is 8.70. The molecule has 0 N–H and O–H groups in total. The molecule has 1 aromatic carbocycles. The van der Waals surface area contributed by atoms with Gasteiger partial charge in [-0.2, -0.15) is 0 Å². The molecule has 172 valence electrons. The highest BCUT2D eigenvalue weighted by Crippen LogP contribution is 2.23. The molecule has 0 aliphatic carbocycles. The second-order valence-electron chi connectivity index (χ2n) is 8.70. The maximum atomic E-state index is 13.1. The van der Waals surface area contributed by atoms with E-state index in [9.17, 15) is 13.6 Å². The van der Waals surface area contributed by atoms with Crippen LogP contribution in [0.2, 0.25) is 0 Å². The van der Waals surface area contributed by atoms with Crippen molar-refractivity contribution in [2.75, 3.05) is 31.1 Å². The summed E-state index contributed by atoms with van der Waals surface area (Å²) in [5.41, 5.74) is 1.08. The summed E-state index contributed by atoms with van der Waals surface area (Å²) in [7, 11) is 0. The first-order chi connectivity index (χ1) is 15.4. The molecule has 2 aromatic rings. The lowest BCUT2D eigenvalue weighted by molar-refractivity contribution is 0.00996. The molecule has 1 aromatic heterocycles. The molecule has 0 radical (unpaired) electrons. The lowest BCUT2D eigenvalue weighted by Gasteiger charge is -2.44. The van der Waals surface area contributed by atoms with Gasteiger partial charge in [-0.05, 0) is 44.4 Å². The van der Waals surface area contributed by atoms with Crippen LogP contribution in [0.15, 0.2) is 36.7 Å². The van der Waals surface area contributed by atoms with E-state index >= 15 is 0 Å². The van der Waals surface area contributed by atoms with Crippen LogP contribution in [0.4, 0.5) is 19.5 Å². The van der Waals surface area contributed by atoms with Crippen LogP contribution in [0.1, 0.15) is 32.3 Å². The van der Waals surface area contributed by atoms with E-state index in [-0.39, 0.29) is 30.1 Å². The van der Waals surface area contributed by atoms with Gasteiger partial charge in [-0.3, -0.25) is 9.80 Å². The number of rotatable bonds is 4. The third-order valence-electron chi connectivity index (χ3n) is 6.14. The SMILES string of the molecule is C[C@@H]1CN(c2ncc(F)cn2)C[C@H](C)N1C(=O)OC1CCN(Cc2ccc(F)cc2)CC1. The van der Waals surface area contributed by atoms with Crippen molar-refractivity contribution in [1.29, 1.82) is 0 Å². The van der Waals surface area contributed by atoms with Crippen molar-refractivity contribution < 1.29 is 18.3 Å². The number of piperazine rings is 1. The van der Waals surface area contributed by atoms with Gasteiger partial charge >= 0.3 is 6.09 Å². The van der Waals surface area contributed by atoms with Gasteiger partial charge < -0.3 is 9.64 Å². The van der Waals surface area contributed by atoms with Crippen LogP contribution in [0.25, 0.3) is 0 Å². The van der Waals surface area contributed by atoms with Crippen molar-refractivity contribution >= 4 is 12.0 Å². The number of anilines is 1. The van der Waals surface area contributed by atoms with E-state index in [1.165, 1.54) is 12.1 Å². The smallest absolute Gasteiger partial charge is 0.410 e. The standard InChI is InChI=1S/C23H29F2N5O2/c1-16-13-29(22-26-11-20(25)12-27-22)14-17(2)30(16)23(31)32-21-7-9-28(10-8-21)15-18-3-5-19(24)6-4-18/h3-6,11-12,16-17,21H,7-10,13-15H2,1-2H3/t16-,17+. The highest BCUT2D eigenvalue weighted by molar-refractivity contribution is 5.69. The number of ether oxygens (including phenoxy) is 1. The first kappa shape index (κ1) is 22.4. The molecule has 1 amide bonds. The fourth-order valence-electron chi connectivity index (χ4n) is 4.55. The predicted octanol–water partition coefficient (Wildman–Crippen LogP) is 3.46. The molecule has 7 nitrogen and oxygen atoms in total. The van der Waals surface area contributed by atoms with Crippen LogP contribution in [-0.4, -0.2) is 70.2 Å². The number of likely N-dealkylation sites (tertiary alicyclic amines) is 1. The molecule has 32 heavy (non-hydrogen) atoms. The fourth-order valence-corrected chi connectivity index (χ4v) is 4.55. The lowest BCUT2D eigenvalue weighted by atomic mass is 10.1. The van der Waals surface area contributed by atoms with Crippen molar-refractivity contribution in [3.05, 3.63) is 53.9 Å². The maximum Gasteiger partial charge on any atom is 0.410 e. The van der Waals surface area contributed by atoms with Crippen molar-refractivity contribution in [2.24, 2.45) is 0 Å². The highest BCUT2D eigenvalue weighted by atomic mass is 19.1. The molecule has 2 saturated heterocycles. The summed E-state index contributed by atoms with van der Waals surface area (Å²) in [5.74, 6) is -0.235. The number of hydrogen-bond acceptors (Lipinski definition) is 6. The molecule has 0 bridgehead atoms. The first-order valence-corrected chi connectivity index (χ1v) is 11.1. The van der Waals surface area contributed by atoms with Gasteiger partial charge in [0.05, 0.1) is 24.5 Å². The minimum Gasteiger partial charge on any atom is -0.446 e. The fraction of sp³-hybridized carbons (Fsp3) is 0.522. The van der Waals surface area contributed by atoms with E-state index in [1.807, 2.05) is 18.7 Å². The van der Waals surface area contributed by atoms with Gasteiger partial charge in [0.25, 0.3) is 0 Å². The molecule has 4 rings (SSSR count). The topological polar surface area (TPSA) is 61.8 Å². The summed E-state index contributed by atoms with van der Waals surface area (Å²) in [6.45, 7) is 7.48. The quantitative estimate of drug-likeness (QED) is 0.719. The molecule has 2 aliphatic heterocycles. The molecule has 2 atom stereocenters. The largest absolute Gasteiger partial charge is 0.446 e. The van der Waals surface area contributed by atoms with E-state index in [0.717, 1.165) is 50.4 Å². The van der Waals surface area contributed by atoms with Crippen LogP contribution in [0.3, 0.4) is 0 Å². The van der Waals surface area contributed by atoms with E-state index < -0.39 is 5.82 Å². The first-order valence-electron chi connectivity index (χ1n) is 11.1. The second kappa shape index (κ2) is 9.77. The number of hydrogen-bond donors (Lipinski definition) is 0. The number of amides is 1. The van der Waals surface area contributed by atoms with Crippen LogP contribution in [0.5, 0.6) is 0 Å². The number of benzene rings is 1. The Labute approximate surface area is 187 Å². The van der Waals surface area contributed by atoms with E-state index in [1.54, 1.807) is 17.0 Å². The number of halogens is 2. The molecule has 9 heteroatoms. The van der Waals surface area contributed by atoms with E-state index in [4.69, 9.17) is 4.74 Å². The van der Waals surface area contributed by atoms with Crippen LogP contribution in [-0.2, 0) is 11.3 Å². The molecule has 0 spiro atoms. The zero-order chi connectivity index (χ0) is 22.7. The summed E-state index contributed by atoms with van der Waals surface area (Å²) in [6.07, 6.45) is 3.46. The Bertz CT molecular complexity index is 892. The van der Waals surface area contributed by atoms with Gasteiger partial charge in [0.2, 0.25) is 5.95 Å². The molecule has 2 aliphatic rings. The monoisotopic (exact) mass is 445 g/mol. The van der Waals surface area contributed by atoms with Gasteiger partial charge in [-0.25, -0.2) is 23.5 Å². The minimum atomic E-state index is -0.472. The summed E-state index contributed by atoms with van der Waals surface area (Å²) in [5, 5.41) is 0. The third-order valence-corrected chi connectivity index (χ3v) is 6.14. The van der Waals surface area contributed by atoms with Crippen LogP contribution in [0, 0.1) is 11.6 Å². The zero-order valence-corrected chi connectivity index (χ0v) is 18.5. The van der Waals surface area contributed by atoms with Crippen molar-refractivity contribution in [1.82, 2.24) is 19.8 Å². The van der Waals surface area contributed by atoms with E-state index in [2.05, 4.69) is 14.9 Å². The zero-order valence-electron chi connectivity index (χ0n) is 18.5. The Hall–Kier alpha value is -2.81. The molecule has 0 saturated carbocycles. The van der Waals surface area contributed by atoms with Crippen molar-refractivity contribution in [2.45, 2.75) is 51.4 Å². The summed E-state index contributed by atoms with van der Waals surface area (Å²) >= 11 is 0. The average Bonchev–Trinajstić information content (AvgIpc) is 2.76. The van der Waals surface area contributed by atoms with Crippen molar-refractivity contribution in [3.8, 4) is 0 Å². The normalized spacial score (nSPS) is 22.8. The van der Waals surface area contributed by atoms with Gasteiger partial charge in [-0.15, -0.1) is 0 Å². The van der Waals surface area contributed by atoms with Crippen LogP contribution >= 0.6 is 0 Å². The number of nitrogens with zero attached hydrogens (tertiary/aromatic N) is 5. The number of piperidine rings is 1. The average molecular weight is 446 g/mol. The Kier molecular flexibility index (Phi) is 6.83. The Morgan fingerprint density at radius 3 is 2.19 bits per heavy atom. The number of aromatic nitrogens is 2. The summed E-state index contributed by atoms with van der Waals surface area (Å²) in [6, 6.07) is 6.40.